The van der Waals surface area contributed by atoms with Gasteiger partial charge in [0.25, 0.3) is 0 Å². The first-order chi connectivity index (χ1) is 13.2. The quantitative estimate of drug-likeness (QED) is 0.856. The Balaban J connectivity index is 1.48. The lowest BCUT2D eigenvalue weighted by atomic mass is 9.93. The number of amides is 1. The molecule has 2 aliphatic rings. The molecule has 2 unspecified atom stereocenters. The summed E-state index contributed by atoms with van der Waals surface area (Å²) in [7, 11) is 1.92. The third kappa shape index (κ3) is 3.84. The van der Waals surface area contributed by atoms with Crippen LogP contribution in [-0.2, 0) is 11.3 Å². The first-order valence-electron chi connectivity index (χ1n) is 9.85. The Kier molecular flexibility index (Phi) is 5.41. The Morgan fingerprint density at radius 2 is 1.78 bits per heavy atom. The maximum absolute atomic E-state index is 13.2. The normalized spacial score (nSPS) is 22.2. The maximum atomic E-state index is 13.2. The lowest BCUT2D eigenvalue weighted by molar-refractivity contribution is -0.134. The van der Waals surface area contributed by atoms with Gasteiger partial charge in [-0.2, -0.15) is 0 Å². The highest BCUT2D eigenvalue weighted by Gasteiger charge is 2.35. The lowest BCUT2D eigenvalue weighted by Crippen LogP contribution is -2.36. The number of anilines is 1. The average Bonchev–Trinajstić information content (AvgIpc) is 3.40. The van der Waals surface area contributed by atoms with Gasteiger partial charge in [0.05, 0.1) is 12.0 Å². The second-order valence-corrected chi connectivity index (χ2v) is 7.54. The van der Waals surface area contributed by atoms with Crippen LogP contribution in [-0.4, -0.2) is 37.5 Å². The van der Waals surface area contributed by atoms with Crippen LogP contribution in [0.4, 0.5) is 5.69 Å². The Bertz CT molecular complexity index is 773. The molecule has 2 atom stereocenters. The molecule has 0 spiro atoms. The number of benzene rings is 2. The first-order valence-corrected chi connectivity index (χ1v) is 9.85. The van der Waals surface area contributed by atoms with E-state index >= 15 is 0 Å². The fourth-order valence-electron chi connectivity index (χ4n) is 4.23. The fourth-order valence-corrected chi connectivity index (χ4v) is 4.23. The van der Waals surface area contributed by atoms with Crippen molar-refractivity contribution < 1.29 is 4.79 Å². The third-order valence-corrected chi connectivity index (χ3v) is 5.68. The molecule has 2 aromatic rings. The van der Waals surface area contributed by atoms with E-state index < -0.39 is 0 Å². The van der Waals surface area contributed by atoms with Crippen molar-refractivity contribution in [2.24, 2.45) is 5.92 Å². The number of hydrogen-bond donors (Lipinski definition) is 2. The van der Waals surface area contributed by atoms with Gasteiger partial charge in [0.2, 0.25) is 5.91 Å². The minimum atomic E-state index is -0.101. The van der Waals surface area contributed by atoms with Crippen LogP contribution in [0.1, 0.15) is 30.0 Å². The number of carbonyl (C=O) groups is 1. The summed E-state index contributed by atoms with van der Waals surface area (Å²) in [5.41, 5.74) is 10.1. The molecule has 1 amide bonds. The summed E-state index contributed by atoms with van der Waals surface area (Å²) in [6.45, 7) is 3.52. The molecule has 2 N–H and O–H groups in total. The molecular weight excluding hydrogens is 336 g/mol. The van der Waals surface area contributed by atoms with E-state index in [-0.39, 0.29) is 17.9 Å². The van der Waals surface area contributed by atoms with Crippen LogP contribution < -0.4 is 15.8 Å². The Morgan fingerprint density at radius 3 is 2.56 bits per heavy atom. The lowest BCUT2D eigenvalue weighted by Gasteiger charge is -2.27. The molecule has 2 saturated heterocycles. The van der Waals surface area contributed by atoms with Gasteiger partial charge in [-0.05, 0) is 30.0 Å². The summed E-state index contributed by atoms with van der Waals surface area (Å²) >= 11 is 0. The molecule has 0 bridgehead atoms. The van der Waals surface area contributed by atoms with Crippen molar-refractivity contribution in [2.45, 2.75) is 25.4 Å². The van der Waals surface area contributed by atoms with Gasteiger partial charge in [-0.15, -0.1) is 0 Å². The molecule has 0 aliphatic carbocycles. The van der Waals surface area contributed by atoms with E-state index in [1.54, 1.807) is 0 Å². The van der Waals surface area contributed by atoms with Crippen molar-refractivity contribution in [1.82, 2.24) is 15.8 Å². The summed E-state index contributed by atoms with van der Waals surface area (Å²) in [5, 5.41) is 0. The predicted octanol–water partition coefficient (Wildman–Crippen LogP) is 2.71. The molecule has 5 heteroatoms. The van der Waals surface area contributed by atoms with Gasteiger partial charge in [0, 0.05) is 38.9 Å². The zero-order chi connectivity index (χ0) is 18.6. The van der Waals surface area contributed by atoms with E-state index in [0.717, 1.165) is 18.7 Å². The molecule has 0 saturated carbocycles. The van der Waals surface area contributed by atoms with Crippen molar-refractivity contribution in [3.8, 4) is 0 Å². The minimum Gasteiger partial charge on any atom is -0.371 e. The Labute approximate surface area is 161 Å². The molecule has 0 aromatic heterocycles. The van der Waals surface area contributed by atoms with Crippen molar-refractivity contribution in [3.63, 3.8) is 0 Å². The number of hydrogen-bond acceptors (Lipinski definition) is 4. The van der Waals surface area contributed by atoms with Gasteiger partial charge in [-0.25, -0.2) is 5.43 Å². The van der Waals surface area contributed by atoms with Crippen LogP contribution in [0.15, 0.2) is 54.6 Å². The van der Waals surface area contributed by atoms with Crippen LogP contribution >= 0.6 is 0 Å². The molecule has 2 heterocycles. The Hall–Kier alpha value is -2.37. The molecule has 4 rings (SSSR count). The third-order valence-electron chi connectivity index (χ3n) is 5.68. The molecule has 142 valence electrons. The summed E-state index contributed by atoms with van der Waals surface area (Å²) < 4.78 is 0. The highest BCUT2D eigenvalue weighted by molar-refractivity contribution is 5.80. The number of hydrazine groups is 1. The molecule has 2 aliphatic heterocycles. The number of nitrogens with one attached hydrogen (secondary N) is 2. The van der Waals surface area contributed by atoms with Crippen LogP contribution in [0.5, 0.6) is 0 Å². The SMILES string of the molecule is CN(Cc1ccccc1N1CCCC1)C(=O)C1CNNC1c1ccccc1. The van der Waals surface area contributed by atoms with E-state index in [4.69, 9.17) is 0 Å². The minimum absolute atomic E-state index is 0.00924. The fraction of sp³-hybridized carbons (Fsp3) is 0.409. The predicted molar refractivity (Wildman–Crippen MR) is 108 cm³/mol. The molecule has 27 heavy (non-hydrogen) atoms. The van der Waals surface area contributed by atoms with Crippen molar-refractivity contribution in [2.75, 3.05) is 31.6 Å². The molecule has 2 fully saturated rings. The molecule has 5 nitrogen and oxygen atoms in total. The monoisotopic (exact) mass is 364 g/mol. The van der Waals surface area contributed by atoms with Crippen molar-refractivity contribution in [1.29, 1.82) is 0 Å². The zero-order valence-corrected chi connectivity index (χ0v) is 15.9. The first kappa shape index (κ1) is 18.0. The van der Waals surface area contributed by atoms with Crippen molar-refractivity contribution in [3.05, 3.63) is 65.7 Å². The summed E-state index contributed by atoms with van der Waals surface area (Å²) in [6.07, 6.45) is 2.50. The van der Waals surface area contributed by atoms with Gasteiger partial charge < -0.3 is 9.80 Å². The van der Waals surface area contributed by atoms with Crippen LogP contribution in [0.25, 0.3) is 0 Å². The molecule has 2 aromatic carbocycles. The largest absolute Gasteiger partial charge is 0.371 e. The smallest absolute Gasteiger partial charge is 0.229 e. The number of carbonyl (C=O) groups excluding carboxylic acids is 1. The van der Waals surface area contributed by atoms with E-state index in [1.807, 2.05) is 30.1 Å². The van der Waals surface area contributed by atoms with Gasteiger partial charge in [0.1, 0.15) is 0 Å². The number of rotatable bonds is 5. The van der Waals surface area contributed by atoms with Gasteiger partial charge in [-0.3, -0.25) is 10.2 Å². The van der Waals surface area contributed by atoms with Gasteiger partial charge in [-0.1, -0.05) is 48.5 Å². The topological polar surface area (TPSA) is 47.6 Å². The van der Waals surface area contributed by atoms with Crippen LogP contribution in [0, 0.1) is 5.92 Å². The highest BCUT2D eigenvalue weighted by Crippen LogP contribution is 2.29. The number of para-hydroxylation sites is 1. The zero-order valence-electron chi connectivity index (χ0n) is 15.9. The second-order valence-electron chi connectivity index (χ2n) is 7.54. The molecular formula is C22H28N4O. The van der Waals surface area contributed by atoms with Crippen LogP contribution in [0.2, 0.25) is 0 Å². The van der Waals surface area contributed by atoms with E-state index in [1.165, 1.54) is 24.1 Å². The standard InChI is InChI=1S/C22H28N4O/c1-25(16-18-11-5-6-12-20(18)26-13-7-8-14-26)22(27)19-15-23-24-21(19)17-9-3-2-4-10-17/h2-6,9-12,19,21,23-24H,7-8,13-16H2,1H3. The second kappa shape index (κ2) is 8.11. The highest BCUT2D eigenvalue weighted by atomic mass is 16.2. The summed E-state index contributed by atoms with van der Waals surface area (Å²) in [5.74, 6) is 0.0777. The van der Waals surface area contributed by atoms with Gasteiger partial charge >= 0.3 is 0 Å². The molecule has 0 radical (unpaired) electrons. The number of nitrogens with zero attached hydrogens (tertiary/aromatic N) is 2. The van der Waals surface area contributed by atoms with Crippen LogP contribution in [0.3, 0.4) is 0 Å². The maximum Gasteiger partial charge on any atom is 0.229 e. The van der Waals surface area contributed by atoms with E-state index in [2.05, 4.69) is 52.1 Å². The van der Waals surface area contributed by atoms with E-state index in [0.29, 0.717) is 13.1 Å². The summed E-state index contributed by atoms with van der Waals surface area (Å²) in [6, 6.07) is 18.7. The Morgan fingerprint density at radius 1 is 1.07 bits per heavy atom. The summed E-state index contributed by atoms with van der Waals surface area (Å²) in [4.78, 5) is 17.5. The van der Waals surface area contributed by atoms with Gasteiger partial charge in [0.15, 0.2) is 0 Å². The average molecular weight is 364 g/mol. The van der Waals surface area contributed by atoms with E-state index in [9.17, 15) is 4.79 Å². The van der Waals surface area contributed by atoms with Crippen molar-refractivity contribution >= 4 is 11.6 Å².